The van der Waals surface area contributed by atoms with Crippen molar-refractivity contribution in [1.29, 1.82) is 0 Å². The lowest BCUT2D eigenvalue weighted by Gasteiger charge is -2.08. The maximum absolute atomic E-state index is 11.8. The molecule has 0 aromatic rings. The van der Waals surface area contributed by atoms with E-state index in [-0.39, 0.29) is 17.6 Å². The topological polar surface area (TPSA) is 66.4 Å². The first-order chi connectivity index (χ1) is 8.14. The smallest absolute Gasteiger partial charge is 0.313 e. The van der Waals surface area contributed by atoms with Crippen molar-refractivity contribution in [3.8, 4) is 0 Å². The van der Waals surface area contributed by atoms with E-state index in [4.69, 9.17) is 5.11 Å². The minimum absolute atomic E-state index is 0.114. The SMILES string of the molecule is O=C(O)CSCCNC(=O)C1CC12CCCC2. The van der Waals surface area contributed by atoms with Crippen LogP contribution >= 0.6 is 11.8 Å². The molecule has 0 heterocycles. The lowest BCUT2D eigenvalue weighted by Crippen LogP contribution is -2.29. The molecule has 0 aromatic carbocycles. The Balaban J connectivity index is 1.58. The van der Waals surface area contributed by atoms with Gasteiger partial charge in [-0.05, 0) is 24.7 Å². The number of nitrogens with one attached hydrogen (secondary N) is 1. The molecular formula is C12H19NO3S. The first-order valence-corrected chi connectivity index (χ1v) is 7.37. The standard InChI is InChI=1S/C12H19NO3S/c14-10(15)8-17-6-5-13-11(16)9-7-12(9)3-1-2-4-12/h9H,1-8H2,(H,13,16)(H,14,15). The molecule has 0 aliphatic heterocycles. The second-order valence-corrected chi connectivity index (χ2v) is 6.17. The number of rotatable bonds is 6. The van der Waals surface area contributed by atoms with Gasteiger partial charge in [-0.1, -0.05) is 12.8 Å². The van der Waals surface area contributed by atoms with Gasteiger partial charge in [-0.3, -0.25) is 9.59 Å². The van der Waals surface area contributed by atoms with E-state index in [1.807, 2.05) is 0 Å². The maximum Gasteiger partial charge on any atom is 0.313 e. The van der Waals surface area contributed by atoms with E-state index in [1.54, 1.807) is 0 Å². The van der Waals surface area contributed by atoms with E-state index in [0.717, 1.165) is 6.42 Å². The molecule has 0 saturated heterocycles. The quantitative estimate of drug-likeness (QED) is 0.708. The van der Waals surface area contributed by atoms with Crippen molar-refractivity contribution in [2.45, 2.75) is 32.1 Å². The summed E-state index contributed by atoms with van der Waals surface area (Å²) in [5, 5.41) is 11.4. The molecule has 2 rings (SSSR count). The summed E-state index contributed by atoms with van der Waals surface area (Å²) < 4.78 is 0. The van der Waals surface area contributed by atoms with Gasteiger partial charge in [-0.15, -0.1) is 11.8 Å². The molecule has 2 saturated carbocycles. The first kappa shape index (κ1) is 12.7. The van der Waals surface area contributed by atoms with Gasteiger partial charge in [0, 0.05) is 18.2 Å². The summed E-state index contributed by atoms with van der Waals surface area (Å²) in [5.74, 6) is 0.423. The lowest BCUT2D eigenvalue weighted by atomic mass is 10.0. The van der Waals surface area contributed by atoms with Gasteiger partial charge in [0.2, 0.25) is 5.91 Å². The number of aliphatic carboxylic acids is 1. The van der Waals surface area contributed by atoms with Crippen molar-refractivity contribution >= 4 is 23.6 Å². The monoisotopic (exact) mass is 257 g/mol. The molecule has 5 heteroatoms. The number of carbonyl (C=O) groups is 2. The second kappa shape index (κ2) is 5.29. The Kier molecular flexibility index (Phi) is 3.97. The Morgan fingerprint density at radius 2 is 2.06 bits per heavy atom. The van der Waals surface area contributed by atoms with E-state index < -0.39 is 5.97 Å². The summed E-state index contributed by atoms with van der Waals surface area (Å²) in [5.41, 5.74) is 0.359. The van der Waals surface area contributed by atoms with E-state index in [0.29, 0.717) is 17.7 Å². The van der Waals surface area contributed by atoms with Crippen LogP contribution in [0.25, 0.3) is 0 Å². The highest BCUT2D eigenvalue weighted by molar-refractivity contribution is 7.99. The highest BCUT2D eigenvalue weighted by Crippen LogP contribution is 2.62. The Bertz CT molecular complexity index is 313. The van der Waals surface area contributed by atoms with Crippen LogP contribution in [0.3, 0.4) is 0 Å². The Morgan fingerprint density at radius 3 is 2.71 bits per heavy atom. The highest BCUT2D eigenvalue weighted by Gasteiger charge is 2.58. The van der Waals surface area contributed by atoms with Crippen LogP contribution in [0, 0.1) is 11.3 Å². The largest absolute Gasteiger partial charge is 0.481 e. The van der Waals surface area contributed by atoms with Crippen LogP contribution in [0.2, 0.25) is 0 Å². The van der Waals surface area contributed by atoms with E-state index in [1.165, 1.54) is 37.4 Å². The summed E-state index contributed by atoms with van der Waals surface area (Å²) in [7, 11) is 0. The molecule has 2 aliphatic carbocycles. The van der Waals surface area contributed by atoms with Gasteiger partial charge >= 0.3 is 5.97 Å². The summed E-state index contributed by atoms with van der Waals surface area (Å²) in [6.07, 6.45) is 6.06. The summed E-state index contributed by atoms with van der Waals surface area (Å²) in [6.45, 7) is 0.587. The third-order valence-corrected chi connectivity index (χ3v) is 4.82. The fourth-order valence-electron chi connectivity index (χ4n) is 2.88. The average Bonchev–Trinajstić information content (AvgIpc) is 2.76. The first-order valence-electron chi connectivity index (χ1n) is 6.21. The summed E-state index contributed by atoms with van der Waals surface area (Å²) in [4.78, 5) is 22.1. The third kappa shape index (κ3) is 3.15. The average molecular weight is 257 g/mol. The molecule has 0 radical (unpaired) electrons. The highest BCUT2D eigenvalue weighted by atomic mass is 32.2. The lowest BCUT2D eigenvalue weighted by molar-refractivity contribution is -0.133. The molecule has 2 aliphatic rings. The predicted molar refractivity (Wildman–Crippen MR) is 67.0 cm³/mol. The molecular weight excluding hydrogens is 238 g/mol. The molecule has 96 valence electrons. The normalized spacial score (nSPS) is 24.8. The number of hydrogen-bond acceptors (Lipinski definition) is 3. The molecule has 1 atom stereocenters. The van der Waals surface area contributed by atoms with Crippen molar-refractivity contribution < 1.29 is 14.7 Å². The summed E-state index contributed by atoms with van der Waals surface area (Å²) >= 11 is 1.34. The van der Waals surface area contributed by atoms with E-state index in [9.17, 15) is 9.59 Å². The molecule has 2 fully saturated rings. The Hall–Kier alpha value is -0.710. The second-order valence-electron chi connectivity index (χ2n) is 5.06. The van der Waals surface area contributed by atoms with Gasteiger partial charge in [0.05, 0.1) is 5.75 Å². The molecule has 1 spiro atoms. The van der Waals surface area contributed by atoms with Crippen molar-refractivity contribution in [3.05, 3.63) is 0 Å². The van der Waals surface area contributed by atoms with Crippen LogP contribution in [0.1, 0.15) is 32.1 Å². The number of carboxylic acids is 1. The minimum atomic E-state index is -0.798. The molecule has 2 N–H and O–H groups in total. The van der Waals surface area contributed by atoms with Gasteiger partial charge in [0.1, 0.15) is 0 Å². The van der Waals surface area contributed by atoms with Crippen LogP contribution in [-0.2, 0) is 9.59 Å². The number of amides is 1. The van der Waals surface area contributed by atoms with Gasteiger partial charge in [0.15, 0.2) is 0 Å². The van der Waals surface area contributed by atoms with Crippen molar-refractivity contribution in [2.24, 2.45) is 11.3 Å². The van der Waals surface area contributed by atoms with Crippen LogP contribution in [-0.4, -0.2) is 35.0 Å². The van der Waals surface area contributed by atoms with Crippen LogP contribution in [0.15, 0.2) is 0 Å². The Morgan fingerprint density at radius 1 is 1.35 bits per heavy atom. The number of hydrogen-bond donors (Lipinski definition) is 2. The number of thioether (sulfide) groups is 1. The third-order valence-electron chi connectivity index (χ3n) is 3.88. The van der Waals surface area contributed by atoms with E-state index >= 15 is 0 Å². The molecule has 1 unspecified atom stereocenters. The predicted octanol–water partition coefficient (Wildman–Crippen LogP) is 1.50. The number of carbonyl (C=O) groups excluding carboxylic acids is 1. The number of carboxylic acid groups (broad SMARTS) is 1. The molecule has 1 amide bonds. The zero-order valence-corrected chi connectivity index (χ0v) is 10.7. The van der Waals surface area contributed by atoms with Crippen molar-refractivity contribution in [3.63, 3.8) is 0 Å². The molecule has 0 aromatic heterocycles. The Labute approximate surface area is 106 Å². The van der Waals surface area contributed by atoms with Crippen LogP contribution in [0.5, 0.6) is 0 Å². The van der Waals surface area contributed by atoms with E-state index in [2.05, 4.69) is 5.32 Å². The van der Waals surface area contributed by atoms with Crippen LogP contribution in [0.4, 0.5) is 0 Å². The minimum Gasteiger partial charge on any atom is -0.481 e. The van der Waals surface area contributed by atoms with Gasteiger partial charge in [-0.25, -0.2) is 0 Å². The van der Waals surface area contributed by atoms with Crippen molar-refractivity contribution in [2.75, 3.05) is 18.1 Å². The maximum atomic E-state index is 11.8. The van der Waals surface area contributed by atoms with Gasteiger partial charge < -0.3 is 10.4 Å². The zero-order valence-electron chi connectivity index (χ0n) is 9.91. The molecule has 4 nitrogen and oxygen atoms in total. The summed E-state index contributed by atoms with van der Waals surface area (Å²) in [6, 6.07) is 0. The zero-order chi connectivity index (χ0) is 12.3. The fraction of sp³-hybridized carbons (Fsp3) is 0.833. The fourth-order valence-corrected chi connectivity index (χ4v) is 3.44. The molecule has 17 heavy (non-hydrogen) atoms. The van der Waals surface area contributed by atoms with Crippen LogP contribution < -0.4 is 5.32 Å². The van der Waals surface area contributed by atoms with Gasteiger partial charge in [-0.2, -0.15) is 0 Å². The molecule has 0 bridgehead atoms. The van der Waals surface area contributed by atoms with Crippen molar-refractivity contribution in [1.82, 2.24) is 5.32 Å². The van der Waals surface area contributed by atoms with Gasteiger partial charge in [0.25, 0.3) is 0 Å².